The normalized spacial score (nSPS) is 25.2. The zero-order valence-electron chi connectivity index (χ0n) is 11.2. The van der Waals surface area contributed by atoms with Crippen molar-refractivity contribution >= 4 is 5.97 Å². The van der Waals surface area contributed by atoms with Crippen molar-refractivity contribution in [1.29, 1.82) is 0 Å². The first-order valence-corrected chi connectivity index (χ1v) is 6.09. The van der Waals surface area contributed by atoms with Crippen LogP contribution < -0.4 is 0 Å². The zero-order chi connectivity index (χ0) is 12.6. The van der Waals surface area contributed by atoms with Crippen molar-refractivity contribution < 1.29 is 9.53 Å². The lowest BCUT2D eigenvalue weighted by Crippen LogP contribution is -2.51. The van der Waals surface area contributed by atoms with Crippen molar-refractivity contribution in [2.45, 2.75) is 59.5 Å². The minimum absolute atomic E-state index is 0.00230. The summed E-state index contributed by atoms with van der Waals surface area (Å²) < 4.78 is 5.43. The molecule has 1 atom stereocenters. The smallest absolute Gasteiger partial charge is 0.311 e. The molecule has 1 fully saturated rings. The fourth-order valence-electron chi connectivity index (χ4n) is 2.11. The Bertz CT molecular complexity index is 286. The van der Waals surface area contributed by atoms with Gasteiger partial charge in [0.25, 0.3) is 0 Å². The van der Waals surface area contributed by atoms with Crippen molar-refractivity contribution in [3.8, 4) is 0 Å². The van der Waals surface area contributed by atoms with Crippen LogP contribution in [-0.4, -0.2) is 11.6 Å². The van der Waals surface area contributed by atoms with Crippen molar-refractivity contribution in [1.82, 2.24) is 0 Å². The second-order valence-corrected chi connectivity index (χ2v) is 6.31. The summed E-state index contributed by atoms with van der Waals surface area (Å²) >= 11 is 0. The van der Waals surface area contributed by atoms with Gasteiger partial charge in [-0.1, -0.05) is 41.2 Å². The van der Waals surface area contributed by atoms with Gasteiger partial charge in [-0.15, -0.1) is 0 Å². The molecule has 1 saturated heterocycles. The molecule has 1 heterocycles. The largest absolute Gasteiger partial charge is 0.454 e. The second kappa shape index (κ2) is 4.23. The summed E-state index contributed by atoms with van der Waals surface area (Å²) in [7, 11) is 0. The lowest BCUT2D eigenvalue weighted by Gasteiger charge is -2.46. The molecular weight excluding hydrogens is 200 g/mol. The Labute approximate surface area is 99.1 Å². The van der Waals surface area contributed by atoms with Gasteiger partial charge in [0.05, 0.1) is 6.42 Å². The molecule has 0 aromatic rings. The molecule has 0 bridgehead atoms. The van der Waals surface area contributed by atoms with E-state index in [1.165, 1.54) is 0 Å². The lowest BCUT2D eigenvalue weighted by molar-refractivity contribution is -0.187. The molecule has 0 saturated carbocycles. The Balaban J connectivity index is 2.74. The number of hydrogen-bond donors (Lipinski definition) is 0. The van der Waals surface area contributed by atoms with Crippen molar-refractivity contribution in [3.05, 3.63) is 12.2 Å². The first-order valence-electron chi connectivity index (χ1n) is 6.09. The second-order valence-electron chi connectivity index (χ2n) is 6.31. The van der Waals surface area contributed by atoms with E-state index >= 15 is 0 Å². The van der Waals surface area contributed by atoms with Crippen LogP contribution in [0.15, 0.2) is 12.2 Å². The molecule has 92 valence electrons. The summed E-state index contributed by atoms with van der Waals surface area (Å²) in [6, 6.07) is 0. The Morgan fingerprint density at radius 3 is 2.31 bits per heavy atom. The van der Waals surface area contributed by atoms with E-state index in [4.69, 9.17) is 4.74 Å². The minimum atomic E-state index is -0.375. The summed E-state index contributed by atoms with van der Waals surface area (Å²) in [4.78, 5) is 11.1. The fraction of sp³-hybridized carbons (Fsp3) is 0.786. The van der Waals surface area contributed by atoms with Gasteiger partial charge in [0.15, 0.2) is 0 Å². The van der Waals surface area contributed by atoms with E-state index in [0.29, 0.717) is 12.3 Å². The predicted molar refractivity (Wildman–Crippen MR) is 66.1 cm³/mol. The van der Waals surface area contributed by atoms with E-state index in [1.54, 1.807) is 0 Å². The highest BCUT2D eigenvalue weighted by molar-refractivity contribution is 5.78. The first-order chi connectivity index (χ1) is 7.17. The molecule has 0 aliphatic carbocycles. The lowest BCUT2D eigenvalue weighted by atomic mass is 9.70. The van der Waals surface area contributed by atoms with Gasteiger partial charge in [0.2, 0.25) is 0 Å². The van der Waals surface area contributed by atoms with Crippen LogP contribution in [0.5, 0.6) is 0 Å². The van der Waals surface area contributed by atoms with Gasteiger partial charge in [0.1, 0.15) is 5.60 Å². The van der Waals surface area contributed by atoms with Crippen LogP contribution in [0.25, 0.3) is 0 Å². The van der Waals surface area contributed by atoms with Gasteiger partial charge in [0, 0.05) is 0 Å². The van der Waals surface area contributed by atoms with E-state index in [-0.39, 0.29) is 17.0 Å². The number of ether oxygens (including phenoxy) is 1. The first kappa shape index (κ1) is 13.3. The highest BCUT2D eigenvalue weighted by Crippen LogP contribution is 2.46. The minimum Gasteiger partial charge on any atom is -0.454 e. The third-order valence-corrected chi connectivity index (χ3v) is 3.32. The molecule has 1 aliphatic rings. The van der Waals surface area contributed by atoms with Gasteiger partial charge < -0.3 is 4.74 Å². The Kier molecular flexibility index (Phi) is 3.51. The molecular formula is C14H24O2. The van der Waals surface area contributed by atoms with Gasteiger partial charge in [-0.2, -0.15) is 0 Å². The third-order valence-electron chi connectivity index (χ3n) is 3.32. The van der Waals surface area contributed by atoms with Gasteiger partial charge in [-0.25, -0.2) is 0 Å². The molecule has 1 aliphatic heterocycles. The van der Waals surface area contributed by atoms with Crippen LogP contribution >= 0.6 is 0 Å². The Morgan fingerprint density at radius 2 is 2.00 bits per heavy atom. The molecule has 2 nitrogen and oxygen atoms in total. The summed E-state index contributed by atoms with van der Waals surface area (Å²) in [5, 5.41) is 0. The summed E-state index contributed by atoms with van der Waals surface area (Å²) in [6.45, 7) is 14.9. The van der Waals surface area contributed by atoms with Gasteiger partial charge in [-0.05, 0) is 29.7 Å². The van der Waals surface area contributed by atoms with E-state index in [1.807, 2.05) is 0 Å². The average Bonchev–Trinajstić information content (AvgIpc) is 2.07. The maximum absolute atomic E-state index is 11.1. The van der Waals surface area contributed by atoms with E-state index < -0.39 is 0 Å². The maximum atomic E-state index is 11.1. The molecule has 0 unspecified atom stereocenters. The number of hydrogen-bond acceptors (Lipinski definition) is 2. The summed E-state index contributed by atoms with van der Waals surface area (Å²) in [6.07, 6.45) is 2.49. The van der Waals surface area contributed by atoms with E-state index in [9.17, 15) is 4.79 Å². The molecule has 0 aromatic carbocycles. The Hall–Kier alpha value is -0.790. The van der Waals surface area contributed by atoms with Gasteiger partial charge >= 0.3 is 5.97 Å². The standard InChI is InChI=1S/C14H24O2/c1-10(2)7-8-14(9-12(15)16-14)11(3)13(4,5)6/h10H,3,7-9H2,1-2,4-6H3/t14-/m1/s1. The molecule has 0 N–H and O–H groups in total. The van der Waals surface area contributed by atoms with Crippen LogP contribution in [-0.2, 0) is 9.53 Å². The van der Waals surface area contributed by atoms with E-state index in [0.717, 1.165) is 18.4 Å². The van der Waals surface area contributed by atoms with Crippen LogP contribution in [0.4, 0.5) is 0 Å². The molecule has 0 aromatic heterocycles. The van der Waals surface area contributed by atoms with Crippen LogP contribution in [0.3, 0.4) is 0 Å². The fourth-order valence-corrected chi connectivity index (χ4v) is 2.11. The topological polar surface area (TPSA) is 26.3 Å². The van der Waals surface area contributed by atoms with Gasteiger partial charge in [-0.3, -0.25) is 4.79 Å². The van der Waals surface area contributed by atoms with Crippen molar-refractivity contribution in [2.75, 3.05) is 0 Å². The summed E-state index contributed by atoms with van der Waals surface area (Å²) in [5.41, 5.74) is 0.678. The number of rotatable bonds is 4. The molecule has 0 spiro atoms. The third kappa shape index (κ3) is 2.66. The van der Waals surface area contributed by atoms with Crippen LogP contribution in [0, 0.1) is 11.3 Å². The number of esters is 1. The predicted octanol–water partition coefficient (Wildman–Crippen LogP) is 3.71. The Morgan fingerprint density at radius 1 is 1.50 bits per heavy atom. The highest BCUT2D eigenvalue weighted by atomic mass is 16.6. The zero-order valence-corrected chi connectivity index (χ0v) is 11.2. The van der Waals surface area contributed by atoms with Crippen LogP contribution in [0.1, 0.15) is 53.9 Å². The summed E-state index contributed by atoms with van der Waals surface area (Å²) in [5.74, 6) is 0.540. The van der Waals surface area contributed by atoms with Crippen molar-refractivity contribution in [2.24, 2.45) is 11.3 Å². The molecule has 0 radical (unpaired) electrons. The SMILES string of the molecule is C=C(C(C)(C)C)[C@@]1(CCC(C)C)CC(=O)O1. The highest BCUT2D eigenvalue weighted by Gasteiger charge is 2.50. The average molecular weight is 224 g/mol. The monoisotopic (exact) mass is 224 g/mol. The number of carbonyl (C=O) groups is 1. The quantitative estimate of drug-likeness (QED) is 0.537. The molecule has 2 heteroatoms. The maximum Gasteiger partial charge on any atom is 0.311 e. The van der Waals surface area contributed by atoms with E-state index in [2.05, 4.69) is 41.2 Å². The number of carbonyl (C=O) groups excluding carboxylic acids is 1. The molecule has 0 amide bonds. The molecule has 16 heavy (non-hydrogen) atoms. The van der Waals surface area contributed by atoms with Crippen molar-refractivity contribution in [3.63, 3.8) is 0 Å². The number of cyclic esters (lactones) is 1. The molecule has 1 rings (SSSR count). The van der Waals surface area contributed by atoms with Crippen LogP contribution in [0.2, 0.25) is 0 Å².